The van der Waals surface area contributed by atoms with Crippen LogP contribution in [0.25, 0.3) is 0 Å². The molecule has 1 saturated carbocycles. The molecular formula is C16H30N2O4. The van der Waals surface area contributed by atoms with Gasteiger partial charge in [-0.05, 0) is 67.2 Å². The third-order valence-electron chi connectivity index (χ3n) is 3.19. The molecule has 2 amide bonds. The van der Waals surface area contributed by atoms with Crippen molar-refractivity contribution in [2.24, 2.45) is 0 Å². The molecule has 2 N–H and O–H groups in total. The molecule has 1 aliphatic rings. The minimum Gasteiger partial charge on any atom is -0.444 e. The molecule has 0 aliphatic heterocycles. The lowest BCUT2D eigenvalue weighted by molar-refractivity contribution is 0.0269. The quantitative estimate of drug-likeness (QED) is 0.762. The van der Waals surface area contributed by atoms with Gasteiger partial charge in [-0.1, -0.05) is 6.42 Å². The first-order valence-corrected chi connectivity index (χ1v) is 7.93. The molecule has 0 aromatic rings. The van der Waals surface area contributed by atoms with Gasteiger partial charge < -0.3 is 9.47 Å². The molecule has 22 heavy (non-hydrogen) atoms. The highest BCUT2D eigenvalue weighted by molar-refractivity contribution is 5.72. The summed E-state index contributed by atoms with van der Waals surface area (Å²) in [5, 5.41) is 5.66. The molecular weight excluding hydrogens is 284 g/mol. The molecule has 1 aliphatic carbocycles. The first-order chi connectivity index (χ1) is 9.91. The van der Waals surface area contributed by atoms with E-state index in [-0.39, 0.29) is 0 Å². The van der Waals surface area contributed by atoms with E-state index < -0.39 is 29.1 Å². The molecule has 6 heteroatoms. The number of carbonyl (C=O) groups excluding carboxylic acids is 2. The fourth-order valence-corrected chi connectivity index (χ4v) is 2.43. The van der Waals surface area contributed by atoms with Crippen LogP contribution in [0.4, 0.5) is 9.59 Å². The van der Waals surface area contributed by atoms with E-state index in [4.69, 9.17) is 9.47 Å². The summed E-state index contributed by atoms with van der Waals surface area (Å²) in [5.74, 6) is 0. The summed E-state index contributed by atoms with van der Waals surface area (Å²) < 4.78 is 10.6. The topological polar surface area (TPSA) is 76.7 Å². The van der Waals surface area contributed by atoms with Crippen LogP contribution < -0.4 is 10.6 Å². The van der Waals surface area contributed by atoms with Crippen molar-refractivity contribution in [2.45, 2.75) is 90.5 Å². The lowest BCUT2D eigenvalue weighted by Gasteiger charge is -2.39. The zero-order valence-corrected chi connectivity index (χ0v) is 14.7. The van der Waals surface area contributed by atoms with E-state index in [9.17, 15) is 9.59 Å². The second-order valence-corrected chi connectivity index (χ2v) is 7.90. The third-order valence-corrected chi connectivity index (χ3v) is 3.19. The average Bonchev–Trinajstić information content (AvgIpc) is 2.23. The molecule has 0 bridgehead atoms. The van der Waals surface area contributed by atoms with Gasteiger partial charge in [0, 0.05) is 0 Å². The molecule has 0 heterocycles. The van der Waals surface area contributed by atoms with Gasteiger partial charge in [-0.3, -0.25) is 10.6 Å². The smallest absolute Gasteiger partial charge is 0.409 e. The van der Waals surface area contributed by atoms with Crippen molar-refractivity contribution in [3.8, 4) is 0 Å². The summed E-state index contributed by atoms with van der Waals surface area (Å²) in [6, 6.07) is 0. The van der Waals surface area contributed by atoms with Gasteiger partial charge in [0.05, 0.1) is 0 Å². The van der Waals surface area contributed by atoms with Crippen molar-refractivity contribution >= 4 is 12.2 Å². The van der Waals surface area contributed by atoms with Gasteiger partial charge in [0.25, 0.3) is 0 Å². The minimum atomic E-state index is -0.789. The third kappa shape index (κ3) is 7.00. The van der Waals surface area contributed by atoms with Gasteiger partial charge in [0.2, 0.25) is 0 Å². The van der Waals surface area contributed by atoms with Gasteiger partial charge in [-0.25, -0.2) is 9.59 Å². The van der Waals surface area contributed by atoms with Crippen molar-refractivity contribution in [3.63, 3.8) is 0 Å². The van der Waals surface area contributed by atoms with E-state index in [1.165, 1.54) is 0 Å². The Morgan fingerprint density at radius 2 is 1.14 bits per heavy atom. The minimum absolute atomic E-state index is 0.523. The maximum atomic E-state index is 12.1. The number of nitrogens with one attached hydrogen (secondary N) is 2. The maximum Gasteiger partial charge on any atom is 0.409 e. The summed E-state index contributed by atoms with van der Waals surface area (Å²) in [7, 11) is 0. The van der Waals surface area contributed by atoms with Gasteiger partial charge in [-0.15, -0.1) is 0 Å². The summed E-state index contributed by atoms with van der Waals surface area (Å²) in [5.41, 5.74) is -1.94. The van der Waals surface area contributed by atoms with Crippen molar-refractivity contribution in [1.82, 2.24) is 10.6 Å². The standard InChI is InChI=1S/C16H30N2O4/c1-14(2,3)21-12(19)17-16(10-8-7-9-11-16)18-13(20)22-15(4,5)6/h7-11H2,1-6H3,(H,17,19)(H,18,20). The Balaban J connectivity index is 2.73. The highest BCUT2D eigenvalue weighted by Crippen LogP contribution is 2.27. The first-order valence-electron chi connectivity index (χ1n) is 7.93. The summed E-state index contributed by atoms with van der Waals surface area (Å²) in [6.45, 7) is 10.8. The maximum absolute atomic E-state index is 12.1. The van der Waals surface area contributed by atoms with E-state index in [1.807, 2.05) is 0 Å². The molecule has 0 atom stereocenters. The number of hydrogen-bond donors (Lipinski definition) is 2. The number of amides is 2. The number of rotatable bonds is 2. The SMILES string of the molecule is CC(C)(C)OC(=O)NC1(NC(=O)OC(C)(C)C)CCCCC1. The zero-order valence-electron chi connectivity index (χ0n) is 14.7. The van der Waals surface area contributed by atoms with Gasteiger partial charge in [-0.2, -0.15) is 0 Å². The molecule has 128 valence electrons. The molecule has 0 saturated heterocycles. The van der Waals surface area contributed by atoms with Crippen molar-refractivity contribution in [3.05, 3.63) is 0 Å². The van der Waals surface area contributed by atoms with Crippen LogP contribution in [0, 0.1) is 0 Å². The lowest BCUT2D eigenvalue weighted by Crippen LogP contribution is -2.62. The van der Waals surface area contributed by atoms with E-state index >= 15 is 0 Å². The molecule has 1 rings (SSSR count). The Morgan fingerprint density at radius 1 is 0.773 bits per heavy atom. The molecule has 0 unspecified atom stereocenters. The summed E-state index contributed by atoms with van der Waals surface area (Å²) in [6.07, 6.45) is 3.26. The van der Waals surface area contributed by atoms with Crippen LogP contribution in [-0.2, 0) is 9.47 Å². The van der Waals surface area contributed by atoms with Crippen LogP contribution in [0.3, 0.4) is 0 Å². The monoisotopic (exact) mass is 314 g/mol. The first kappa shape index (κ1) is 18.6. The van der Waals surface area contributed by atoms with E-state index in [2.05, 4.69) is 10.6 Å². The summed E-state index contributed by atoms with van der Waals surface area (Å²) >= 11 is 0. The lowest BCUT2D eigenvalue weighted by atomic mass is 9.89. The van der Waals surface area contributed by atoms with E-state index in [1.54, 1.807) is 41.5 Å². The second kappa shape index (κ2) is 6.75. The van der Waals surface area contributed by atoms with Crippen LogP contribution in [0.5, 0.6) is 0 Å². The fraction of sp³-hybridized carbons (Fsp3) is 0.875. The van der Waals surface area contributed by atoms with Gasteiger partial charge in [0.1, 0.15) is 16.9 Å². The van der Waals surface area contributed by atoms with E-state index in [0.717, 1.165) is 19.3 Å². The molecule has 1 fully saturated rings. The number of carbonyl (C=O) groups is 2. The predicted octanol–water partition coefficient (Wildman–Crippen LogP) is 3.70. The highest BCUT2D eigenvalue weighted by Gasteiger charge is 2.37. The predicted molar refractivity (Wildman–Crippen MR) is 84.6 cm³/mol. The molecule has 6 nitrogen and oxygen atoms in total. The van der Waals surface area contributed by atoms with Gasteiger partial charge >= 0.3 is 12.2 Å². The van der Waals surface area contributed by atoms with Crippen molar-refractivity contribution in [1.29, 1.82) is 0 Å². The molecule has 0 aromatic heterocycles. The fourth-order valence-electron chi connectivity index (χ4n) is 2.43. The van der Waals surface area contributed by atoms with Crippen molar-refractivity contribution < 1.29 is 19.1 Å². The largest absolute Gasteiger partial charge is 0.444 e. The van der Waals surface area contributed by atoms with Crippen LogP contribution in [-0.4, -0.2) is 29.1 Å². The Labute approximate surface area is 133 Å². The molecule has 0 spiro atoms. The zero-order chi connectivity index (χ0) is 17.0. The average molecular weight is 314 g/mol. The normalized spacial score (nSPS) is 18.3. The molecule has 0 aromatic carbocycles. The number of alkyl carbamates (subject to hydrolysis) is 2. The van der Waals surface area contributed by atoms with Crippen LogP contribution >= 0.6 is 0 Å². The van der Waals surface area contributed by atoms with Crippen molar-refractivity contribution in [2.75, 3.05) is 0 Å². The van der Waals surface area contributed by atoms with Crippen LogP contribution in [0.2, 0.25) is 0 Å². The Bertz CT molecular complexity index is 369. The van der Waals surface area contributed by atoms with Crippen LogP contribution in [0.15, 0.2) is 0 Å². The number of hydrogen-bond acceptors (Lipinski definition) is 4. The second-order valence-electron chi connectivity index (χ2n) is 7.90. The van der Waals surface area contributed by atoms with E-state index in [0.29, 0.717) is 12.8 Å². The molecule has 0 radical (unpaired) electrons. The Hall–Kier alpha value is -1.46. The number of ether oxygens (including phenoxy) is 2. The Kier molecular flexibility index (Phi) is 5.70. The Morgan fingerprint density at radius 3 is 1.45 bits per heavy atom. The van der Waals surface area contributed by atoms with Gasteiger partial charge in [0.15, 0.2) is 0 Å². The summed E-state index contributed by atoms with van der Waals surface area (Å²) in [4.78, 5) is 24.1. The van der Waals surface area contributed by atoms with Crippen LogP contribution in [0.1, 0.15) is 73.6 Å². The highest BCUT2D eigenvalue weighted by atomic mass is 16.6.